The Balaban J connectivity index is 0.000000302. The summed E-state index contributed by atoms with van der Waals surface area (Å²) in [6, 6.07) is 8.45. The van der Waals surface area contributed by atoms with Crippen molar-refractivity contribution in [3.05, 3.63) is 59.7 Å². The van der Waals surface area contributed by atoms with Gasteiger partial charge in [0.1, 0.15) is 0 Å². The molecule has 1 atom stereocenters. The molecule has 1 aromatic rings. The molecule has 0 saturated heterocycles. The van der Waals surface area contributed by atoms with E-state index in [9.17, 15) is 0 Å². The van der Waals surface area contributed by atoms with E-state index in [0.29, 0.717) is 5.92 Å². The van der Waals surface area contributed by atoms with Crippen LogP contribution >= 0.6 is 0 Å². The van der Waals surface area contributed by atoms with E-state index in [1.807, 2.05) is 0 Å². The van der Waals surface area contributed by atoms with Crippen LogP contribution in [0.2, 0.25) is 0 Å². The summed E-state index contributed by atoms with van der Waals surface area (Å²) >= 11 is 0. The molecule has 0 nitrogen and oxygen atoms in total. The molecule has 0 heteroatoms. The zero-order chi connectivity index (χ0) is 13.4. The molecule has 0 aliphatic rings. The number of hydrogen-bond acceptors (Lipinski definition) is 0. The van der Waals surface area contributed by atoms with Crippen molar-refractivity contribution in [1.82, 2.24) is 0 Å². The highest BCUT2D eigenvalue weighted by molar-refractivity contribution is 5.20. The predicted molar refractivity (Wildman–Crippen MR) is 79.3 cm³/mol. The lowest BCUT2D eigenvalue weighted by Crippen LogP contribution is -1.94. The molecular formula is C17H26. The summed E-state index contributed by atoms with van der Waals surface area (Å²) in [5.74, 6) is 0.600. The van der Waals surface area contributed by atoms with E-state index in [-0.39, 0.29) is 0 Å². The minimum atomic E-state index is 0.600. The third-order valence-corrected chi connectivity index (χ3v) is 2.67. The minimum absolute atomic E-state index is 0.600. The van der Waals surface area contributed by atoms with Crippen molar-refractivity contribution in [2.75, 3.05) is 0 Å². The maximum Gasteiger partial charge on any atom is -0.0200 e. The van der Waals surface area contributed by atoms with Crippen LogP contribution < -0.4 is 0 Å². The molecule has 94 valence electrons. The van der Waals surface area contributed by atoms with Crippen LogP contribution in [0.15, 0.2) is 48.6 Å². The van der Waals surface area contributed by atoms with Gasteiger partial charge in [-0.2, -0.15) is 0 Å². The Morgan fingerprint density at radius 2 is 1.59 bits per heavy atom. The van der Waals surface area contributed by atoms with Crippen LogP contribution in [0.4, 0.5) is 0 Å². The summed E-state index contributed by atoms with van der Waals surface area (Å²) in [5, 5.41) is 0. The van der Waals surface area contributed by atoms with Gasteiger partial charge in [0, 0.05) is 0 Å². The van der Waals surface area contributed by atoms with Crippen molar-refractivity contribution in [3.8, 4) is 0 Å². The van der Waals surface area contributed by atoms with Gasteiger partial charge >= 0.3 is 0 Å². The van der Waals surface area contributed by atoms with Gasteiger partial charge in [-0.05, 0) is 40.0 Å². The first-order chi connectivity index (χ1) is 7.82. The first kappa shape index (κ1) is 15.7. The SMILES string of the molecule is C=C(C)CC(C)C(=C)C.Cc1cccc(C)c1. The second-order valence-corrected chi connectivity index (χ2v) is 5.07. The fraction of sp³-hybridized carbons (Fsp3) is 0.412. The molecule has 1 unspecified atom stereocenters. The molecule has 0 amide bonds. The van der Waals surface area contributed by atoms with Crippen molar-refractivity contribution < 1.29 is 0 Å². The highest BCUT2D eigenvalue weighted by Gasteiger charge is 2.00. The maximum absolute atomic E-state index is 3.87. The third-order valence-electron chi connectivity index (χ3n) is 2.67. The molecule has 0 saturated carbocycles. The summed E-state index contributed by atoms with van der Waals surface area (Å²) in [5.41, 5.74) is 5.17. The van der Waals surface area contributed by atoms with E-state index in [2.05, 4.69) is 72.0 Å². The largest absolute Gasteiger partial charge is 0.100 e. The second-order valence-electron chi connectivity index (χ2n) is 5.07. The number of hydrogen-bond donors (Lipinski definition) is 0. The maximum atomic E-state index is 3.87. The topological polar surface area (TPSA) is 0 Å². The van der Waals surface area contributed by atoms with Gasteiger partial charge in [-0.1, -0.05) is 60.0 Å². The van der Waals surface area contributed by atoms with Crippen LogP contribution in [0, 0.1) is 19.8 Å². The Labute approximate surface area is 107 Å². The molecule has 0 spiro atoms. The van der Waals surface area contributed by atoms with Crippen molar-refractivity contribution in [1.29, 1.82) is 0 Å². The Morgan fingerprint density at radius 3 is 1.76 bits per heavy atom. The quantitative estimate of drug-likeness (QED) is 0.604. The standard InChI is InChI=1S/C9H16.C8H10/c1-7(2)6-9(5)8(3)4;1-7-4-3-5-8(2)6-7/h9H,1,3,6H2,2,4-5H3;3-6H,1-2H3. The van der Waals surface area contributed by atoms with Gasteiger partial charge in [0.2, 0.25) is 0 Å². The average molecular weight is 230 g/mol. The van der Waals surface area contributed by atoms with Crippen LogP contribution in [0.25, 0.3) is 0 Å². The summed E-state index contributed by atoms with van der Waals surface area (Å²) in [7, 11) is 0. The van der Waals surface area contributed by atoms with Crippen molar-refractivity contribution in [2.24, 2.45) is 5.92 Å². The zero-order valence-corrected chi connectivity index (χ0v) is 12.0. The molecule has 0 fully saturated rings. The van der Waals surface area contributed by atoms with Crippen molar-refractivity contribution >= 4 is 0 Å². The van der Waals surface area contributed by atoms with Crippen molar-refractivity contribution in [3.63, 3.8) is 0 Å². The van der Waals surface area contributed by atoms with E-state index >= 15 is 0 Å². The molecule has 0 aliphatic heterocycles. The zero-order valence-electron chi connectivity index (χ0n) is 12.0. The fourth-order valence-electron chi connectivity index (χ4n) is 1.50. The highest BCUT2D eigenvalue weighted by atomic mass is 14.1. The van der Waals surface area contributed by atoms with E-state index in [1.165, 1.54) is 22.3 Å². The Bertz CT molecular complexity index is 354. The molecule has 0 bridgehead atoms. The van der Waals surface area contributed by atoms with Gasteiger partial charge in [0.15, 0.2) is 0 Å². The second kappa shape index (κ2) is 7.89. The van der Waals surface area contributed by atoms with Gasteiger partial charge in [0.25, 0.3) is 0 Å². The first-order valence-corrected chi connectivity index (χ1v) is 6.16. The molecular weight excluding hydrogens is 204 g/mol. The lowest BCUT2D eigenvalue weighted by atomic mass is 9.97. The molecule has 0 aromatic heterocycles. The van der Waals surface area contributed by atoms with Gasteiger partial charge in [-0.15, -0.1) is 6.58 Å². The van der Waals surface area contributed by atoms with Gasteiger partial charge in [0.05, 0.1) is 0 Å². The van der Waals surface area contributed by atoms with Crippen LogP contribution in [0.5, 0.6) is 0 Å². The predicted octanol–water partition coefficient (Wildman–Crippen LogP) is 5.47. The van der Waals surface area contributed by atoms with Crippen LogP contribution in [-0.2, 0) is 0 Å². The first-order valence-electron chi connectivity index (χ1n) is 6.16. The normalized spacial score (nSPS) is 11.1. The molecule has 1 aromatic carbocycles. The molecule has 1 rings (SSSR count). The van der Waals surface area contributed by atoms with Crippen LogP contribution in [0.1, 0.15) is 38.3 Å². The number of aryl methyl sites for hydroxylation is 2. The Kier molecular flexibility index (Phi) is 7.29. The van der Waals surface area contributed by atoms with E-state index < -0.39 is 0 Å². The lowest BCUT2D eigenvalue weighted by Gasteiger charge is -2.09. The summed E-state index contributed by atoms with van der Waals surface area (Å²) in [6.45, 7) is 18.2. The monoisotopic (exact) mass is 230 g/mol. The molecule has 0 N–H and O–H groups in total. The average Bonchev–Trinajstić information content (AvgIpc) is 2.16. The van der Waals surface area contributed by atoms with Crippen LogP contribution in [-0.4, -0.2) is 0 Å². The molecule has 0 aliphatic carbocycles. The fourth-order valence-corrected chi connectivity index (χ4v) is 1.50. The lowest BCUT2D eigenvalue weighted by molar-refractivity contribution is 0.676. The minimum Gasteiger partial charge on any atom is -0.100 e. The highest BCUT2D eigenvalue weighted by Crippen LogP contribution is 2.15. The molecule has 17 heavy (non-hydrogen) atoms. The Morgan fingerprint density at radius 1 is 1.12 bits per heavy atom. The smallest absolute Gasteiger partial charge is 0.0200 e. The third kappa shape index (κ3) is 8.50. The van der Waals surface area contributed by atoms with E-state index in [1.54, 1.807) is 0 Å². The summed E-state index contributed by atoms with van der Waals surface area (Å²) < 4.78 is 0. The number of rotatable bonds is 3. The van der Waals surface area contributed by atoms with Gasteiger partial charge in [-0.25, -0.2) is 0 Å². The Hall–Kier alpha value is -1.30. The van der Waals surface area contributed by atoms with E-state index in [0.717, 1.165) is 6.42 Å². The molecule has 0 heterocycles. The number of allylic oxidation sites excluding steroid dienone is 2. The van der Waals surface area contributed by atoms with Gasteiger partial charge in [-0.3, -0.25) is 0 Å². The van der Waals surface area contributed by atoms with Gasteiger partial charge < -0.3 is 0 Å². The summed E-state index contributed by atoms with van der Waals surface area (Å²) in [6.07, 6.45) is 1.08. The summed E-state index contributed by atoms with van der Waals surface area (Å²) in [4.78, 5) is 0. The number of benzene rings is 1. The van der Waals surface area contributed by atoms with E-state index in [4.69, 9.17) is 0 Å². The van der Waals surface area contributed by atoms with Crippen molar-refractivity contribution in [2.45, 2.75) is 41.0 Å². The molecule has 0 radical (unpaired) electrons. The van der Waals surface area contributed by atoms with Crippen LogP contribution in [0.3, 0.4) is 0 Å².